The van der Waals surface area contributed by atoms with Crippen LogP contribution in [0.15, 0.2) is 29.5 Å². The molecule has 5 nitrogen and oxygen atoms in total. The molecule has 25 heavy (non-hydrogen) atoms. The van der Waals surface area contributed by atoms with Crippen molar-refractivity contribution in [1.29, 1.82) is 0 Å². The molecule has 130 valence electrons. The second-order valence-corrected chi connectivity index (χ2v) is 7.49. The molecule has 0 radical (unpaired) electrons. The third-order valence-corrected chi connectivity index (χ3v) is 4.64. The molecular formula is C18H18F2N4O. The number of benzene rings is 1. The molecule has 1 aliphatic heterocycles. The number of aryl methyl sites for hydroxylation is 1. The molecule has 0 bridgehead atoms. The minimum Gasteiger partial charge on any atom is -0.328 e. The Morgan fingerprint density at radius 1 is 1.20 bits per heavy atom. The zero-order chi connectivity index (χ0) is 17.9. The van der Waals surface area contributed by atoms with Crippen LogP contribution in [0.25, 0.3) is 0 Å². The van der Waals surface area contributed by atoms with Gasteiger partial charge >= 0.3 is 0 Å². The summed E-state index contributed by atoms with van der Waals surface area (Å²) in [5.74, 6) is -0.394. The molecule has 0 saturated heterocycles. The van der Waals surface area contributed by atoms with Crippen molar-refractivity contribution in [2.45, 2.75) is 39.7 Å². The number of halogens is 2. The van der Waals surface area contributed by atoms with Crippen LogP contribution in [0.2, 0.25) is 0 Å². The summed E-state index contributed by atoms with van der Waals surface area (Å²) < 4.78 is 29.2. The summed E-state index contributed by atoms with van der Waals surface area (Å²) in [6, 6.07) is 2.63. The lowest BCUT2D eigenvalue weighted by atomic mass is 9.73. The van der Waals surface area contributed by atoms with E-state index in [1.165, 1.54) is 12.1 Å². The average Bonchev–Trinajstić information content (AvgIpc) is 2.82. The second kappa shape index (κ2) is 5.21. The lowest BCUT2D eigenvalue weighted by Gasteiger charge is -2.38. The maximum absolute atomic E-state index is 13.8. The van der Waals surface area contributed by atoms with E-state index in [9.17, 15) is 13.6 Å². The van der Waals surface area contributed by atoms with Crippen LogP contribution in [-0.2, 0) is 4.79 Å². The van der Waals surface area contributed by atoms with Gasteiger partial charge in [-0.1, -0.05) is 13.8 Å². The van der Waals surface area contributed by atoms with E-state index in [2.05, 4.69) is 15.4 Å². The molecular weight excluding hydrogens is 326 g/mol. The van der Waals surface area contributed by atoms with Gasteiger partial charge in [-0.3, -0.25) is 4.79 Å². The first kappa shape index (κ1) is 15.9. The van der Waals surface area contributed by atoms with Crippen molar-refractivity contribution in [3.8, 4) is 0 Å². The fourth-order valence-electron chi connectivity index (χ4n) is 3.76. The highest BCUT2D eigenvalue weighted by Crippen LogP contribution is 2.45. The van der Waals surface area contributed by atoms with Gasteiger partial charge in [0, 0.05) is 23.8 Å². The van der Waals surface area contributed by atoms with Crippen LogP contribution >= 0.6 is 0 Å². The van der Waals surface area contributed by atoms with E-state index in [1.54, 1.807) is 11.6 Å². The first-order chi connectivity index (χ1) is 11.7. The third-order valence-electron chi connectivity index (χ3n) is 4.64. The molecule has 1 aromatic heterocycles. The summed E-state index contributed by atoms with van der Waals surface area (Å²) in [5, 5.41) is 7.54. The van der Waals surface area contributed by atoms with Crippen molar-refractivity contribution in [2.75, 3.05) is 5.32 Å². The number of carbonyl (C=O) groups is 1. The van der Waals surface area contributed by atoms with E-state index in [1.807, 2.05) is 13.8 Å². The Kier molecular flexibility index (Phi) is 3.32. The highest BCUT2D eigenvalue weighted by atomic mass is 19.1. The van der Waals surface area contributed by atoms with Gasteiger partial charge in [-0.25, -0.2) is 13.5 Å². The average molecular weight is 344 g/mol. The molecule has 1 aliphatic carbocycles. The lowest BCUT2D eigenvalue weighted by molar-refractivity contribution is -0.118. The van der Waals surface area contributed by atoms with E-state index in [4.69, 9.17) is 0 Å². The maximum atomic E-state index is 13.8. The molecule has 2 aromatic rings. The monoisotopic (exact) mass is 344 g/mol. The molecule has 2 aliphatic rings. The van der Waals surface area contributed by atoms with Gasteiger partial charge in [-0.15, -0.1) is 0 Å². The van der Waals surface area contributed by atoms with Crippen molar-refractivity contribution < 1.29 is 13.6 Å². The van der Waals surface area contributed by atoms with E-state index in [0.29, 0.717) is 35.8 Å². The van der Waals surface area contributed by atoms with Gasteiger partial charge in [-0.2, -0.15) is 10.1 Å². The Balaban J connectivity index is 1.95. The van der Waals surface area contributed by atoms with Crippen molar-refractivity contribution in [3.05, 3.63) is 52.5 Å². The standard InChI is InChI=1S/C18H18F2N4O/c1-9-21-17-22-13-7-18(2,3)8-14(25)15(13)16(24(17)23-9)10-4-11(19)6-12(20)5-10/h4-6,16H,7-8H2,1-3H3,(H,21,22,23). The van der Waals surface area contributed by atoms with E-state index >= 15 is 0 Å². The highest BCUT2D eigenvalue weighted by Gasteiger charge is 2.41. The van der Waals surface area contributed by atoms with Crippen molar-refractivity contribution in [3.63, 3.8) is 0 Å². The molecule has 1 unspecified atom stereocenters. The molecule has 1 atom stereocenters. The first-order valence-corrected chi connectivity index (χ1v) is 8.16. The molecule has 0 spiro atoms. The summed E-state index contributed by atoms with van der Waals surface area (Å²) >= 11 is 0. The van der Waals surface area contributed by atoms with Gasteiger partial charge in [0.15, 0.2) is 5.78 Å². The van der Waals surface area contributed by atoms with Gasteiger partial charge in [0.2, 0.25) is 5.95 Å². The number of aromatic nitrogens is 3. The number of allylic oxidation sites excluding steroid dienone is 2. The predicted molar refractivity (Wildman–Crippen MR) is 87.9 cm³/mol. The predicted octanol–water partition coefficient (Wildman–Crippen LogP) is 3.52. The molecule has 0 amide bonds. The molecule has 7 heteroatoms. The van der Waals surface area contributed by atoms with Crippen LogP contribution in [0, 0.1) is 24.0 Å². The van der Waals surface area contributed by atoms with Gasteiger partial charge in [-0.05, 0) is 36.5 Å². The minimum atomic E-state index is -0.683. The number of hydrogen-bond acceptors (Lipinski definition) is 4. The Morgan fingerprint density at radius 2 is 1.88 bits per heavy atom. The zero-order valence-electron chi connectivity index (χ0n) is 14.2. The Labute approximate surface area is 143 Å². The van der Waals surface area contributed by atoms with Crippen LogP contribution in [0.3, 0.4) is 0 Å². The highest BCUT2D eigenvalue weighted by molar-refractivity contribution is 6.00. The number of fused-ring (bicyclic) bond motifs is 1. The number of ketones is 1. The van der Waals surface area contributed by atoms with Gasteiger partial charge in [0.25, 0.3) is 0 Å². The van der Waals surface area contributed by atoms with Gasteiger partial charge < -0.3 is 5.32 Å². The Morgan fingerprint density at radius 3 is 2.56 bits per heavy atom. The number of rotatable bonds is 1. The topological polar surface area (TPSA) is 59.8 Å². The van der Waals surface area contributed by atoms with Gasteiger partial charge in [0.1, 0.15) is 23.5 Å². The fourth-order valence-corrected chi connectivity index (χ4v) is 3.76. The Bertz CT molecular complexity index is 909. The number of Topliss-reactive ketones (excluding diaryl/α,β-unsaturated/α-hetero) is 1. The van der Waals surface area contributed by atoms with E-state index in [-0.39, 0.29) is 11.2 Å². The number of hydrogen-bond donors (Lipinski definition) is 1. The van der Waals surface area contributed by atoms with Crippen LogP contribution in [-0.4, -0.2) is 20.5 Å². The van der Waals surface area contributed by atoms with Crippen LogP contribution in [0.5, 0.6) is 0 Å². The SMILES string of the molecule is Cc1nc2n(n1)C(c1cc(F)cc(F)c1)C1=C(CC(C)(C)CC1=O)N2. The first-order valence-electron chi connectivity index (χ1n) is 8.16. The fraction of sp³-hybridized carbons (Fsp3) is 0.389. The quantitative estimate of drug-likeness (QED) is 0.860. The van der Waals surface area contributed by atoms with Gasteiger partial charge in [0.05, 0.1) is 0 Å². The molecule has 2 heterocycles. The summed E-state index contributed by atoms with van der Waals surface area (Å²) in [5.41, 5.74) is 1.45. The summed E-state index contributed by atoms with van der Waals surface area (Å²) in [6.07, 6.45) is 1.04. The maximum Gasteiger partial charge on any atom is 0.226 e. The second-order valence-electron chi connectivity index (χ2n) is 7.49. The smallest absolute Gasteiger partial charge is 0.226 e. The van der Waals surface area contributed by atoms with Crippen LogP contribution in [0.4, 0.5) is 14.7 Å². The van der Waals surface area contributed by atoms with Crippen molar-refractivity contribution in [1.82, 2.24) is 14.8 Å². The van der Waals surface area contributed by atoms with Crippen LogP contribution in [0.1, 0.15) is 44.1 Å². The molecule has 1 aromatic carbocycles. The Hall–Kier alpha value is -2.57. The lowest BCUT2D eigenvalue weighted by Crippen LogP contribution is -2.36. The summed E-state index contributed by atoms with van der Waals surface area (Å²) in [4.78, 5) is 17.2. The molecule has 4 rings (SSSR count). The minimum absolute atomic E-state index is 0.0350. The largest absolute Gasteiger partial charge is 0.328 e. The van der Waals surface area contributed by atoms with E-state index in [0.717, 1.165) is 11.8 Å². The van der Waals surface area contributed by atoms with Crippen molar-refractivity contribution in [2.24, 2.45) is 5.41 Å². The number of anilines is 1. The van der Waals surface area contributed by atoms with E-state index < -0.39 is 17.7 Å². The van der Waals surface area contributed by atoms with Crippen LogP contribution < -0.4 is 5.32 Å². The number of nitrogens with one attached hydrogen (secondary N) is 1. The number of nitrogens with zero attached hydrogens (tertiary/aromatic N) is 3. The molecule has 1 N–H and O–H groups in total. The number of carbonyl (C=O) groups excluding carboxylic acids is 1. The summed E-state index contributed by atoms with van der Waals surface area (Å²) in [7, 11) is 0. The normalized spacial score (nSPS) is 21.6. The van der Waals surface area contributed by atoms with Crippen molar-refractivity contribution >= 4 is 11.7 Å². The summed E-state index contributed by atoms with van der Waals surface area (Å²) in [6.45, 7) is 5.79. The molecule has 0 saturated carbocycles. The third kappa shape index (κ3) is 2.63. The zero-order valence-corrected chi connectivity index (χ0v) is 14.2. The molecule has 0 fully saturated rings.